The average Bonchev–Trinajstić information content (AvgIpc) is 2.47. The van der Waals surface area contributed by atoms with Crippen LogP contribution in [0.1, 0.15) is 18.5 Å². The van der Waals surface area contributed by atoms with E-state index in [1.807, 2.05) is 18.2 Å². The maximum absolute atomic E-state index is 11.4. The lowest BCUT2D eigenvalue weighted by atomic mass is 9.97. The maximum atomic E-state index is 11.4. The predicted octanol–water partition coefficient (Wildman–Crippen LogP) is 1.48. The first-order valence-electron chi connectivity index (χ1n) is 6.53. The van der Waals surface area contributed by atoms with Gasteiger partial charge >= 0.3 is 5.97 Å². The van der Waals surface area contributed by atoms with Crippen molar-refractivity contribution >= 4 is 5.97 Å². The molecule has 104 valence electrons. The lowest BCUT2D eigenvalue weighted by molar-refractivity contribution is -0.147. The summed E-state index contributed by atoms with van der Waals surface area (Å²) >= 11 is 0. The molecule has 1 aliphatic rings. The highest BCUT2D eigenvalue weighted by Gasteiger charge is 2.25. The van der Waals surface area contributed by atoms with Crippen LogP contribution in [0.25, 0.3) is 0 Å². The van der Waals surface area contributed by atoms with Gasteiger partial charge in [0, 0.05) is 12.6 Å². The Morgan fingerprint density at radius 2 is 2.11 bits per heavy atom. The van der Waals surface area contributed by atoms with E-state index in [1.165, 1.54) is 7.11 Å². The summed E-state index contributed by atoms with van der Waals surface area (Å²) in [5, 5.41) is 0. The van der Waals surface area contributed by atoms with Gasteiger partial charge in [0.1, 0.15) is 0 Å². The van der Waals surface area contributed by atoms with Gasteiger partial charge in [-0.15, -0.1) is 0 Å². The van der Waals surface area contributed by atoms with E-state index in [0.29, 0.717) is 5.88 Å². The molecule has 0 saturated carbocycles. The Balaban J connectivity index is 1.86. The van der Waals surface area contributed by atoms with Gasteiger partial charge in [-0.25, -0.2) is 4.98 Å². The number of methoxy groups -OCH3 is 2. The monoisotopic (exact) mass is 264 g/mol. The minimum atomic E-state index is -0.0841. The molecule has 0 amide bonds. The molecule has 19 heavy (non-hydrogen) atoms. The minimum absolute atomic E-state index is 0.0551. The van der Waals surface area contributed by atoms with Gasteiger partial charge in [0.05, 0.1) is 25.8 Å². The molecule has 0 bridgehead atoms. The van der Waals surface area contributed by atoms with Gasteiger partial charge in [-0.3, -0.25) is 9.69 Å². The summed E-state index contributed by atoms with van der Waals surface area (Å²) in [6.45, 7) is 2.60. The van der Waals surface area contributed by atoms with E-state index < -0.39 is 0 Å². The highest BCUT2D eigenvalue weighted by atomic mass is 16.5. The number of hydrogen-bond donors (Lipinski definition) is 0. The van der Waals surface area contributed by atoms with Gasteiger partial charge in [-0.2, -0.15) is 0 Å². The van der Waals surface area contributed by atoms with Crippen LogP contribution in [-0.2, 0) is 16.1 Å². The summed E-state index contributed by atoms with van der Waals surface area (Å²) in [7, 11) is 3.07. The van der Waals surface area contributed by atoms with Crippen molar-refractivity contribution in [3.05, 3.63) is 23.9 Å². The third-order valence-electron chi connectivity index (χ3n) is 3.50. The first-order valence-corrected chi connectivity index (χ1v) is 6.53. The summed E-state index contributed by atoms with van der Waals surface area (Å²) in [5.74, 6) is 0.612. The van der Waals surface area contributed by atoms with Crippen molar-refractivity contribution in [3.8, 4) is 5.88 Å². The molecule has 0 N–H and O–H groups in total. The molecule has 1 saturated heterocycles. The molecule has 0 spiro atoms. The van der Waals surface area contributed by atoms with Gasteiger partial charge in [-0.05, 0) is 32.0 Å². The Morgan fingerprint density at radius 1 is 1.37 bits per heavy atom. The largest absolute Gasteiger partial charge is 0.481 e. The van der Waals surface area contributed by atoms with E-state index in [4.69, 9.17) is 9.47 Å². The fraction of sp³-hybridized carbons (Fsp3) is 0.571. The fourth-order valence-electron chi connectivity index (χ4n) is 2.38. The molecule has 0 radical (unpaired) electrons. The summed E-state index contributed by atoms with van der Waals surface area (Å²) in [6.07, 6.45) is 1.72. The molecule has 0 unspecified atom stereocenters. The van der Waals surface area contributed by atoms with E-state index in [1.54, 1.807) is 7.11 Å². The van der Waals surface area contributed by atoms with Crippen molar-refractivity contribution in [1.82, 2.24) is 9.88 Å². The first-order chi connectivity index (χ1) is 9.22. The van der Waals surface area contributed by atoms with Crippen molar-refractivity contribution in [2.24, 2.45) is 5.92 Å². The topological polar surface area (TPSA) is 51.7 Å². The molecule has 5 nitrogen and oxygen atoms in total. The lowest BCUT2D eigenvalue weighted by Crippen LogP contribution is -2.36. The van der Waals surface area contributed by atoms with Gasteiger partial charge < -0.3 is 9.47 Å². The molecule has 1 aromatic heterocycles. The average molecular weight is 264 g/mol. The van der Waals surface area contributed by atoms with E-state index in [2.05, 4.69) is 9.88 Å². The van der Waals surface area contributed by atoms with E-state index in [0.717, 1.165) is 38.2 Å². The molecule has 0 aromatic carbocycles. The smallest absolute Gasteiger partial charge is 0.308 e. The van der Waals surface area contributed by atoms with Crippen LogP contribution in [-0.4, -0.2) is 43.2 Å². The van der Waals surface area contributed by atoms with Gasteiger partial charge in [0.25, 0.3) is 0 Å². The zero-order chi connectivity index (χ0) is 13.7. The molecule has 2 heterocycles. The Bertz CT molecular complexity index is 428. The first kappa shape index (κ1) is 13.8. The number of nitrogens with zero attached hydrogens (tertiary/aromatic N) is 2. The zero-order valence-electron chi connectivity index (χ0n) is 11.5. The number of carbonyl (C=O) groups is 1. The van der Waals surface area contributed by atoms with Crippen LogP contribution in [0.2, 0.25) is 0 Å². The van der Waals surface area contributed by atoms with Gasteiger partial charge in [0.15, 0.2) is 0 Å². The Labute approximate surface area is 113 Å². The minimum Gasteiger partial charge on any atom is -0.481 e. The van der Waals surface area contributed by atoms with Crippen molar-refractivity contribution in [1.29, 1.82) is 0 Å². The summed E-state index contributed by atoms with van der Waals surface area (Å²) < 4.78 is 9.90. The molecule has 1 aliphatic heterocycles. The van der Waals surface area contributed by atoms with Crippen LogP contribution in [0, 0.1) is 5.92 Å². The number of aromatic nitrogens is 1. The quantitative estimate of drug-likeness (QED) is 0.771. The Morgan fingerprint density at radius 3 is 2.74 bits per heavy atom. The van der Waals surface area contributed by atoms with Crippen molar-refractivity contribution in [2.75, 3.05) is 27.3 Å². The van der Waals surface area contributed by atoms with Crippen LogP contribution in [0.5, 0.6) is 5.88 Å². The Kier molecular flexibility index (Phi) is 4.74. The second kappa shape index (κ2) is 6.52. The summed E-state index contributed by atoms with van der Waals surface area (Å²) in [6, 6.07) is 5.78. The third kappa shape index (κ3) is 3.67. The molecule has 1 fully saturated rings. The SMILES string of the molecule is COC(=O)C1CCN(Cc2cccc(OC)n2)CC1. The second-order valence-corrected chi connectivity index (χ2v) is 4.74. The predicted molar refractivity (Wildman–Crippen MR) is 70.8 cm³/mol. The Hall–Kier alpha value is -1.62. The van der Waals surface area contributed by atoms with Crippen LogP contribution >= 0.6 is 0 Å². The van der Waals surface area contributed by atoms with Crippen LogP contribution in [0.3, 0.4) is 0 Å². The van der Waals surface area contributed by atoms with Gasteiger partial charge in [-0.1, -0.05) is 6.07 Å². The number of piperidine rings is 1. The zero-order valence-corrected chi connectivity index (χ0v) is 11.5. The van der Waals surface area contributed by atoms with E-state index in [9.17, 15) is 4.79 Å². The van der Waals surface area contributed by atoms with Crippen LogP contribution < -0.4 is 4.74 Å². The standard InChI is InChI=1S/C14H20N2O3/c1-18-13-5-3-4-12(15-13)10-16-8-6-11(7-9-16)14(17)19-2/h3-5,11H,6-10H2,1-2H3. The number of pyridine rings is 1. The summed E-state index contributed by atoms with van der Waals surface area (Å²) in [5.41, 5.74) is 0.996. The molecule has 1 aromatic rings. The maximum Gasteiger partial charge on any atom is 0.308 e. The fourth-order valence-corrected chi connectivity index (χ4v) is 2.38. The lowest BCUT2D eigenvalue weighted by Gasteiger charge is -2.30. The van der Waals surface area contributed by atoms with Crippen LogP contribution in [0.4, 0.5) is 0 Å². The third-order valence-corrected chi connectivity index (χ3v) is 3.50. The highest BCUT2D eigenvalue weighted by molar-refractivity contribution is 5.72. The molecule has 2 rings (SSSR count). The van der Waals surface area contributed by atoms with E-state index >= 15 is 0 Å². The molecular formula is C14H20N2O3. The normalized spacial score (nSPS) is 17.2. The number of hydrogen-bond acceptors (Lipinski definition) is 5. The van der Waals surface area contributed by atoms with Gasteiger partial charge in [0.2, 0.25) is 5.88 Å². The molecule has 0 atom stereocenters. The molecule has 0 aliphatic carbocycles. The number of carbonyl (C=O) groups excluding carboxylic acids is 1. The van der Waals surface area contributed by atoms with Crippen molar-refractivity contribution in [2.45, 2.75) is 19.4 Å². The number of rotatable bonds is 4. The number of ether oxygens (including phenoxy) is 2. The van der Waals surface area contributed by atoms with Crippen LogP contribution in [0.15, 0.2) is 18.2 Å². The number of esters is 1. The summed E-state index contributed by atoms with van der Waals surface area (Å²) in [4.78, 5) is 18.2. The van der Waals surface area contributed by atoms with Crippen molar-refractivity contribution in [3.63, 3.8) is 0 Å². The van der Waals surface area contributed by atoms with E-state index in [-0.39, 0.29) is 11.9 Å². The highest BCUT2D eigenvalue weighted by Crippen LogP contribution is 2.20. The van der Waals surface area contributed by atoms with Crippen molar-refractivity contribution < 1.29 is 14.3 Å². The number of likely N-dealkylation sites (tertiary alicyclic amines) is 1. The molecule has 5 heteroatoms. The second-order valence-electron chi connectivity index (χ2n) is 4.74. The molecular weight excluding hydrogens is 244 g/mol.